The van der Waals surface area contributed by atoms with Crippen LogP contribution in [0.2, 0.25) is 0 Å². The van der Waals surface area contributed by atoms with Crippen molar-refractivity contribution in [3.05, 3.63) is 35.4 Å². The van der Waals surface area contributed by atoms with Crippen LogP contribution in [0.4, 0.5) is 8.78 Å². The Kier molecular flexibility index (Phi) is 2.52. The molecule has 0 spiro atoms. The Balaban J connectivity index is 2.40. The van der Waals surface area contributed by atoms with Crippen molar-refractivity contribution in [3.8, 4) is 0 Å². The second-order valence-electron chi connectivity index (χ2n) is 3.77. The van der Waals surface area contributed by atoms with E-state index in [1.807, 2.05) is 0 Å². The summed E-state index contributed by atoms with van der Waals surface area (Å²) in [4.78, 5) is 13.3. The number of hydrogen-bond donors (Lipinski definition) is 0. The molecule has 1 fully saturated rings. The third-order valence-electron chi connectivity index (χ3n) is 2.71. The number of likely N-dealkylation sites (N-methyl/N-ethyl adjacent to an activating group) is 1. The van der Waals surface area contributed by atoms with Crippen LogP contribution in [0.5, 0.6) is 0 Å². The van der Waals surface area contributed by atoms with Crippen molar-refractivity contribution >= 4 is 5.78 Å². The number of benzene rings is 1. The predicted octanol–water partition coefficient (Wildman–Crippen LogP) is 1.91. The lowest BCUT2D eigenvalue weighted by Crippen LogP contribution is -2.22. The molecular formula is C11H11F2NO. The van der Waals surface area contributed by atoms with Crippen LogP contribution in [0.25, 0.3) is 0 Å². The van der Waals surface area contributed by atoms with Crippen molar-refractivity contribution in [1.29, 1.82) is 0 Å². The first-order valence-corrected chi connectivity index (χ1v) is 4.77. The standard InChI is InChI=1S/C11H11F2NO/c1-14-5-4-10(15)11(14)8-3-2-7(12)6-9(8)13/h2-3,6,11H,4-5H2,1H3. The summed E-state index contributed by atoms with van der Waals surface area (Å²) in [5.74, 6) is -1.28. The Morgan fingerprint density at radius 1 is 1.40 bits per heavy atom. The highest BCUT2D eigenvalue weighted by atomic mass is 19.1. The minimum Gasteiger partial charge on any atom is -0.297 e. The summed E-state index contributed by atoms with van der Waals surface area (Å²) in [6.07, 6.45) is 0.429. The highest BCUT2D eigenvalue weighted by molar-refractivity contribution is 5.87. The van der Waals surface area contributed by atoms with Gasteiger partial charge in [0.05, 0.1) is 6.04 Å². The summed E-state index contributed by atoms with van der Waals surface area (Å²) in [7, 11) is 1.76. The average molecular weight is 211 g/mol. The van der Waals surface area contributed by atoms with Gasteiger partial charge in [0, 0.05) is 24.6 Å². The summed E-state index contributed by atoms with van der Waals surface area (Å²) in [6, 6.07) is 2.78. The van der Waals surface area contributed by atoms with E-state index in [2.05, 4.69) is 0 Å². The number of ketones is 1. The molecule has 80 valence electrons. The Bertz CT molecular complexity index is 406. The monoisotopic (exact) mass is 211 g/mol. The summed E-state index contributed by atoms with van der Waals surface area (Å²) in [5, 5.41) is 0. The lowest BCUT2D eigenvalue weighted by atomic mass is 10.0. The molecule has 0 aliphatic carbocycles. The quantitative estimate of drug-likeness (QED) is 0.707. The molecule has 0 amide bonds. The number of rotatable bonds is 1. The fourth-order valence-electron chi connectivity index (χ4n) is 1.93. The first-order chi connectivity index (χ1) is 7.09. The van der Waals surface area contributed by atoms with E-state index in [0.29, 0.717) is 13.0 Å². The van der Waals surface area contributed by atoms with E-state index in [9.17, 15) is 13.6 Å². The van der Waals surface area contributed by atoms with Gasteiger partial charge in [0.15, 0.2) is 5.78 Å². The van der Waals surface area contributed by atoms with E-state index >= 15 is 0 Å². The number of hydrogen-bond acceptors (Lipinski definition) is 2. The van der Waals surface area contributed by atoms with Gasteiger partial charge in [-0.1, -0.05) is 6.07 Å². The van der Waals surface area contributed by atoms with Gasteiger partial charge in [-0.3, -0.25) is 9.69 Å². The summed E-state index contributed by atoms with van der Waals surface area (Å²) in [6.45, 7) is 0.625. The van der Waals surface area contributed by atoms with Crippen LogP contribution in [-0.4, -0.2) is 24.3 Å². The zero-order valence-corrected chi connectivity index (χ0v) is 8.34. The van der Waals surface area contributed by atoms with Crippen LogP contribution in [0.3, 0.4) is 0 Å². The van der Waals surface area contributed by atoms with Crippen LogP contribution >= 0.6 is 0 Å². The lowest BCUT2D eigenvalue weighted by Gasteiger charge is -2.18. The van der Waals surface area contributed by atoms with Crippen molar-refractivity contribution in [3.63, 3.8) is 0 Å². The lowest BCUT2D eigenvalue weighted by molar-refractivity contribution is -0.119. The van der Waals surface area contributed by atoms with Crippen LogP contribution in [0.1, 0.15) is 18.0 Å². The van der Waals surface area contributed by atoms with Crippen LogP contribution in [0.15, 0.2) is 18.2 Å². The van der Waals surface area contributed by atoms with Gasteiger partial charge < -0.3 is 0 Å². The SMILES string of the molecule is CN1CCC(=O)C1c1ccc(F)cc1F. The Labute approximate surface area is 86.5 Å². The zero-order valence-electron chi connectivity index (χ0n) is 8.34. The van der Waals surface area contributed by atoms with Gasteiger partial charge in [0.1, 0.15) is 11.6 Å². The second kappa shape index (κ2) is 3.70. The van der Waals surface area contributed by atoms with Gasteiger partial charge in [-0.2, -0.15) is 0 Å². The molecule has 1 aromatic carbocycles. The molecule has 15 heavy (non-hydrogen) atoms. The van der Waals surface area contributed by atoms with Crippen LogP contribution in [0, 0.1) is 11.6 Å². The number of Topliss-reactive ketones (excluding diaryl/α,β-unsaturated/α-hetero) is 1. The molecule has 1 heterocycles. The van der Waals surface area contributed by atoms with Gasteiger partial charge in [0.25, 0.3) is 0 Å². The maximum absolute atomic E-state index is 13.4. The third kappa shape index (κ3) is 1.77. The number of likely N-dealkylation sites (tertiary alicyclic amines) is 1. The molecule has 1 aliphatic rings. The molecule has 0 saturated carbocycles. The first kappa shape index (κ1) is 10.2. The molecule has 0 N–H and O–H groups in total. The van der Waals surface area contributed by atoms with Gasteiger partial charge in [-0.25, -0.2) is 8.78 Å². The molecule has 4 heteroatoms. The normalized spacial score (nSPS) is 22.3. The van der Waals surface area contributed by atoms with Gasteiger partial charge in [-0.15, -0.1) is 0 Å². The highest BCUT2D eigenvalue weighted by Gasteiger charge is 2.32. The molecule has 0 radical (unpaired) electrons. The van der Waals surface area contributed by atoms with Gasteiger partial charge in [0.2, 0.25) is 0 Å². The Morgan fingerprint density at radius 3 is 2.67 bits per heavy atom. The summed E-state index contributed by atoms with van der Waals surface area (Å²) >= 11 is 0. The fourth-order valence-corrected chi connectivity index (χ4v) is 1.93. The van der Waals surface area contributed by atoms with Crippen molar-refractivity contribution in [2.45, 2.75) is 12.5 Å². The smallest absolute Gasteiger partial charge is 0.155 e. The number of carbonyl (C=O) groups is 1. The molecule has 1 atom stereocenters. The molecule has 1 aromatic rings. The zero-order chi connectivity index (χ0) is 11.0. The third-order valence-corrected chi connectivity index (χ3v) is 2.71. The second-order valence-corrected chi connectivity index (χ2v) is 3.77. The van der Waals surface area contributed by atoms with Crippen LogP contribution in [-0.2, 0) is 4.79 Å². The maximum atomic E-state index is 13.4. The number of carbonyl (C=O) groups excluding carboxylic acids is 1. The highest BCUT2D eigenvalue weighted by Crippen LogP contribution is 2.29. The van der Waals surface area contributed by atoms with Crippen molar-refractivity contribution in [1.82, 2.24) is 4.90 Å². The van der Waals surface area contributed by atoms with E-state index < -0.39 is 17.7 Å². The molecule has 0 bridgehead atoms. The Hall–Kier alpha value is -1.29. The number of nitrogens with zero attached hydrogens (tertiary/aromatic N) is 1. The minimum atomic E-state index is -0.651. The summed E-state index contributed by atoms with van der Waals surface area (Å²) in [5.41, 5.74) is 0.265. The first-order valence-electron chi connectivity index (χ1n) is 4.77. The molecule has 1 unspecified atom stereocenters. The average Bonchev–Trinajstić information content (AvgIpc) is 2.48. The minimum absolute atomic E-state index is 0.0111. The molecule has 2 nitrogen and oxygen atoms in total. The van der Waals surface area contributed by atoms with E-state index in [1.165, 1.54) is 12.1 Å². The topological polar surface area (TPSA) is 20.3 Å². The summed E-state index contributed by atoms with van der Waals surface area (Å²) < 4.78 is 26.1. The maximum Gasteiger partial charge on any atom is 0.155 e. The Morgan fingerprint density at radius 2 is 2.13 bits per heavy atom. The molecular weight excluding hydrogens is 200 g/mol. The van der Waals surface area contributed by atoms with E-state index in [1.54, 1.807) is 11.9 Å². The molecule has 2 rings (SSSR count). The molecule has 1 saturated heterocycles. The fraction of sp³-hybridized carbons (Fsp3) is 0.364. The molecule has 0 aromatic heterocycles. The van der Waals surface area contributed by atoms with Crippen molar-refractivity contribution in [2.24, 2.45) is 0 Å². The van der Waals surface area contributed by atoms with Gasteiger partial charge >= 0.3 is 0 Å². The predicted molar refractivity (Wildman–Crippen MR) is 51.4 cm³/mol. The molecule has 1 aliphatic heterocycles. The van der Waals surface area contributed by atoms with Crippen molar-refractivity contribution < 1.29 is 13.6 Å². The van der Waals surface area contributed by atoms with Crippen LogP contribution < -0.4 is 0 Å². The number of halogens is 2. The van der Waals surface area contributed by atoms with E-state index in [-0.39, 0.29) is 11.3 Å². The van der Waals surface area contributed by atoms with Crippen molar-refractivity contribution in [2.75, 3.05) is 13.6 Å². The van der Waals surface area contributed by atoms with E-state index in [0.717, 1.165) is 6.07 Å². The van der Waals surface area contributed by atoms with E-state index in [4.69, 9.17) is 0 Å². The van der Waals surface area contributed by atoms with Gasteiger partial charge in [-0.05, 0) is 13.1 Å². The largest absolute Gasteiger partial charge is 0.297 e.